The second-order valence-electron chi connectivity index (χ2n) is 8.11. The van der Waals surface area contributed by atoms with Crippen molar-refractivity contribution < 1.29 is 18.4 Å². The van der Waals surface area contributed by atoms with Crippen LogP contribution in [-0.4, -0.2) is 22.8 Å². The van der Waals surface area contributed by atoms with Gasteiger partial charge < -0.3 is 15.1 Å². The van der Waals surface area contributed by atoms with Crippen molar-refractivity contribution in [3.8, 4) is 22.8 Å². The molecule has 0 aliphatic carbocycles. The van der Waals surface area contributed by atoms with Gasteiger partial charge in [-0.2, -0.15) is 0 Å². The molecule has 0 unspecified atom stereocenters. The van der Waals surface area contributed by atoms with Crippen LogP contribution in [0.25, 0.3) is 22.8 Å². The van der Waals surface area contributed by atoms with Gasteiger partial charge in [-0.05, 0) is 55.8 Å². The molecule has 0 atom stereocenters. The number of hydrogen-bond acceptors (Lipinski definition) is 4. The first-order chi connectivity index (χ1) is 16.4. The van der Waals surface area contributed by atoms with Gasteiger partial charge in [-0.25, -0.2) is 9.37 Å². The Hall–Kier alpha value is -4.26. The summed E-state index contributed by atoms with van der Waals surface area (Å²) in [5, 5.41) is 5.71. The summed E-state index contributed by atoms with van der Waals surface area (Å²) in [6.07, 6.45) is 1.71. The highest BCUT2D eigenvalue weighted by Gasteiger charge is 2.18. The Balaban J connectivity index is 1.51. The van der Waals surface area contributed by atoms with Crippen LogP contribution in [0.2, 0.25) is 0 Å². The van der Waals surface area contributed by atoms with Crippen molar-refractivity contribution in [2.24, 2.45) is 0 Å². The Labute approximate surface area is 196 Å². The topological polar surface area (TPSA) is 84.2 Å². The van der Waals surface area contributed by atoms with E-state index in [4.69, 9.17) is 4.42 Å². The van der Waals surface area contributed by atoms with Crippen molar-refractivity contribution in [2.75, 3.05) is 5.32 Å². The summed E-state index contributed by atoms with van der Waals surface area (Å²) >= 11 is 0. The van der Waals surface area contributed by atoms with Crippen molar-refractivity contribution in [3.63, 3.8) is 0 Å². The molecule has 0 aliphatic rings. The Bertz CT molecular complexity index is 1310. The van der Waals surface area contributed by atoms with Crippen LogP contribution in [0.15, 0.2) is 83.4 Å². The third-order valence-electron chi connectivity index (χ3n) is 5.07. The van der Waals surface area contributed by atoms with Crippen molar-refractivity contribution in [3.05, 3.63) is 95.9 Å². The summed E-state index contributed by atoms with van der Waals surface area (Å²) in [6.45, 7) is 3.82. The predicted octanol–water partition coefficient (Wildman–Crippen LogP) is 5.47. The minimum Gasteiger partial charge on any atom is -0.436 e. The molecule has 1 heterocycles. The van der Waals surface area contributed by atoms with E-state index in [-0.39, 0.29) is 35.9 Å². The zero-order valence-corrected chi connectivity index (χ0v) is 18.8. The number of rotatable bonds is 7. The van der Waals surface area contributed by atoms with Gasteiger partial charge in [0.1, 0.15) is 5.82 Å². The monoisotopic (exact) mass is 457 g/mol. The summed E-state index contributed by atoms with van der Waals surface area (Å²) in [6, 6.07) is 20.4. The van der Waals surface area contributed by atoms with Gasteiger partial charge in [0.05, 0.1) is 23.7 Å². The first-order valence-corrected chi connectivity index (χ1v) is 10.9. The number of carbonyl (C=O) groups is 2. The third-order valence-corrected chi connectivity index (χ3v) is 5.07. The van der Waals surface area contributed by atoms with E-state index in [0.29, 0.717) is 22.4 Å². The average Bonchev–Trinajstić information content (AvgIpc) is 3.30. The maximum Gasteiger partial charge on any atom is 0.256 e. The molecule has 4 aromatic rings. The molecule has 0 spiro atoms. The summed E-state index contributed by atoms with van der Waals surface area (Å²) in [5.74, 6) is -0.315. The van der Waals surface area contributed by atoms with E-state index in [0.717, 1.165) is 5.56 Å². The number of hydrogen-bond donors (Lipinski definition) is 2. The molecule has 4 rings (SSSR count). The molecule has 3 aromatic carbocycles. The molecule has 0 saturated carbocycles. The average molecular weight is 458 g/mol. The number of benzene rings is 3. The van der Waals surface area contributed by atoms with Crippen LogP contribution in [0, 0.1) is 5.82 Å². The molecular weight excluding hydrogens is 433 g/mol. The van der Waals surface area contributed by atoms with Crippen molar-refractivity contribution in [1.29, 1.82) is 0 Å². The molecule has 1 aromatic heterocycles. The van der Waals surface area contributed by atoms with Crippen LogP contribution < -0.4 is 10.6 Å². The smallest absolute Gasteiger partial charge is 0.256 e. The van der Waals surface area contributed by atoms with Crippen LogP contribution in [-0.2, 0) is 11.2 Å². The van der Waals surface area contributed by atoms with Crippen LogP contribution >= 0.6 is 0 Å². The van der Waals surface area contributed by atoms with Gasteiger partial charge >= 0.3 is 0 Å². The van der Waals surface area contributed by atoms with E-state index in [1.54, 1.807) is 66.7 Å². The predicted molar refractivity (Wildman–Crippen MR) is 129 cm³/mol. The Morgan fingerprint density at radius 2 is 1.62 bits per heavy atom. The lowest BCUT2D eigenvalue weighted by molar-refractivity contribution is -0.120. The van der Waals surface area contributed by atoms with Crippen LogP contribution in [0.3, 0.4) is 0 Å². The molecule has 34 heavy (non-hydrogen) atoms. The van der Waals surface area contributed by atoms with Gasteiger partial charge in [-0.3, -0.25) is 9.59 Å². The van der Waals surface area contributed by atoms with Gasteiger partial charge in [-0.1, -0.05) is 36.4 Å². The maximum atomic E-state index is 14.1. The Morgan fingerprint density at radius 1 is 0.941 bits per heavy atom. The van der Waals surface area contributed by atoms with Gasteiger partial charge in [-0.15, -0.1) is 0 Å². The zero-order valence-electron chi connectivity index (χ0n) is 18.8. The lowest BCUT2D eigenvalue weighted by atomic mass is 10.1. The molecular formula is C27H24FN3O3. The number of amides is 2. The standard InChI is InChI=1S/C27H24FN3O3/c1-17(2)30-25(32)15-18-11-13-19(14-12-18)31-26(33)20-7-3-4-8-21(20)27-29-16-24(34-27)22-9-5-6-10-23(22)28/h3-14,16-17H,15H2,1-2H3,(H,30,32)(H,31,33). The molecule has 6 nitrogen and oxygen atoms in total. The fourth-order valence-electron chi connectivity index (χ4n) is 3.51. The van der Waals surface area contributed by atoms with E-state index < -0.39 is 5.82 Å². The SMILES string of the molecule is CC(C)NC(=O)Cc1ccc(NC(=O)c2ccccc2-c2ncc(-c3ccccc3F)o2)cc1. The first-order valence-electron chi connectivity index (χ1n) is 10.9. The van der Waals surface area contributed by atoms with Crippen LogP contribution in [0.4, 0.5) is 10.1 Å². The quantitative estimate of drug-likeness (QED) is 0.386. The Morgan fingerprint density at radius 3 is 2.32 bits per heavy atom. The summed E-state index contributed by atoms with van der Waals surface area (Å²) in [4.78, 5) is 29.2. The van der Waals surface area contributed by atoms with E-state index >= 15 is 0 Å². The van der Waals surface area contributed by atoms with Crippen molar-refractivity contribution in [1.82, 2.24) is 10.3 Å². The van der Waals surface area contributed by atoms with E-state index in [1.165, 1.54) is 12.3 Å². The third kappa shape index (κ3) is 5.38. The number of aromatic nitrogens is 1. The number of nitrogens with one attached hydrogen (secondary N) is 2. The lowest BCUT2D eigenvalue weighted by Gasteiger charge is -2.10. The van der Waals surface area contributed by atoms with Gasteiger partial charge in [0.15, 0.2) is 5.76 Å². The molecule has 172 valence electrons. The summed E-state index contributed by atoms with van der Waals surface area (Å²) < 4.78 is 19.9. The second kappa shape index (κ2) is 10.1. The maximum absolute atomic E-state index is 14.1. The van der Waals surface area contributed by atoms with Gasteiger partial charge in [0, 0.05) is 17.3 Å². The minimum atomic E-state index is -0.415. The molecule has 0 aliphatic heterocycles. The fraction of sp³-hybridized carbons (Fsp3) is 0.148. The molecule has 2 amide bonds. The summed E-state index contributed by atoms with van der Waals surface area (Å²) in [7, 11) is 0. The highest BCUT2D eigenvalue weighted by atomic mass is 19.1. The second-order valence-corrected chi connectivity index (χ2v) is 8.11. The molecule has 7 heteroatoms. The molecule has 2 N–H and O–H groups in total. The van der Waals surface area contributed by atoms with Crippen LogP contribution in [0.5, 0.6) is 0 Å². The Kier molecular flexibility index (Phi) is 6.82. The largest absolute Gasteiger partial charge is 0.436 e. The first kappa shape index (κ1) is 22.9. The highest BCUT2D eigenvalue weighted by molar-refractivity contribution is 6.08. The van der Waals surface area contributed by atoms with Crippen LogP contribution in [0.1, 0.15) is 29.8 Å². The lowest BCUT2D eigenvalue weighted by Crippen LogP contribution is -2.31. The fourth-order valence-corrected chi connectivity index (χ4v) is 3.51. The van der Waals surface area contributed by atoms with E-state index in [1.807, 2.05) is 13.8 Å². The number of nitrogens with zero attached hydrogens (tertiary/aromatic N) is 1. The van der Waals surface area contributed by atoms with Gasteiger partial charge in [0.2, 0.25) is 11.8 Å². The molecule has 0 bridgehead atoms. The normalized spacial score (nSPS) is 10.8. The number of halogens is 1. The molecule has 0 radical (unpaired) electrons. The zero-order chi connectivity index (χ0) is 24.1. The van der Waals surface area contributed by atoms with E-state index in [9.17, 15) is 14.0 Å². The number of anilines is 1. The van der Waals surface area contributed by atoms with Gasteiger partial charge in [0.25, 0.3) is 5.91 Å². The van der Waals surface area contributed by atoms with E-state index in [2.05, 4.69) is 15.6 Å². The number of oxazole rings is 1. The minimum absolute atomic E-state index is 0.0542. The molecule has 0 fully saturated rings. The summed E-state index contributed by atoms with van der Waals surface area (Å²) in [5.41, 5.74) is 2.59. The van der Waals surface area contributed by atoms with Crippen molar-refractivity contribution in [2.45, 2.75) is 26.3 Å². The van der Waals surface area contributed by atoms with Crippen molar-refractivity contribution >= 4 is 17.5 Å². The highest BCUT2D eigenvalue weighted by Crippen LogP contribution is 2.30. The number of carbonyl (C=O) groups excluding carboxylic acids is 2. The molecule has 0 saturated heterocycles.